The number of rotatable bonds is 5. The average Bonchev–Trinajstić information content (AvgIpc) is 2.31. The lowest BCUT2D eigenvalue weighted by molar-refractivity contribution is -0.157. The normalized spacial score (nSPS) is 12.6. The quantitative estimate of drug-likeness (QED) is 0.666. The zero-order valence-corrected chi connectivity index (χ0v) is 11.9. The Bertz CT molecular complexity index is 474. The Hall–Kier alpha value is -1.50. The van der Waals surface area contributed by atoms with Gasteiger partial charge in [-0.25, -0.2) is 0 Å². The van der Waals surface area contributed by atoms with E-state index in [1.165, 1.54) is 0 Å². The van der Waals surface area contributed by atoms with Crippen LogP contribution in [0.1, 0.15) is 25.8 Å². The van der Waals surface area contributed by atoms with E-state index in [0.717, 1.165) is 5.56 Å². The first kappa shape index (κ1) is 15.6. The summed E-state index contributed by atoms with van der Waals surface area (Å²) in [5, 5.41) is 0.676. The number of carbonyl (C=O) groups is 1. The molecule has 0 radical (unpaired) electrons. The summed E-state index contributed by atoms with van der Waals surface area (Å²) in [6.07, 6.45) is 5.88. The summed E-state index contributed by atoms with van der Waals surface area (Å²) >= 11 is 5.82. The minimum Gasteiger partial charge on any atom is -0.458 e. The van der Waals surface area contributed by atoms with Crippen molar-refractivity contribution in [3.63, 3.8) is 0 Å². The molecule has 1 unspecified atom stereocenters. The molecule has 0 aliphatic carbocycles. The van der Waals surface area contributed by atoms with Crippen LogP contribution in [0.2, 0.25) is 5.02 Å². The van der Waals surface area contributed by atoms with Crippen molar-refractivity contribution in [1.29, 1.82) is 0 Å². The van der Waals surface area contributed by atoms with Crippen molar-refractivity contribution in [2.45, 2.75) is 38.3 Å². The van der Waals surface area contributed by atoms with E-state index >= 15 is 0 Å². The molecule has 1 aromatic rings. The molecule has 0 saturated heterocycles. The third kappa shape index (κ3) is 5.34. The predicted octanol–water partition coefficient (Wildman–Crippen LogP) is 2.55. The highest BCUT2D eigenvalue weighted by molar-refractivity contribution is 6.30. The van der Waals surface area contributed by atoms with Gasteiger partial charge >= 0.3 is 5.97 Å². The van der Waals surface area contributed by atoms with Crippen LogP contribution < -0.4 is 5.73 Å². The molecular weight excluding hydrogens is 262 g/mol. The third-order valence-electron chi connectivity index (χ3n) is 2.56. The van der Waals surface area contributed by atoms with Gasteiger partial charge in [-0.3, -0.25) is 4.79 Å². The van der Waals surface area contributed by atoms with E-state index in [0.29, 0.717) is 11.4 Å². The number of hydrogen-bond donors (Lipinski definition) is 1. The smallest absolute Gasteiger partial charge is 0.324 e. The molecule has 1 aromatic carbocycles. The molecule has 102 valence electrons. The van der Waals surface area contributed by atoms with Crippen molar-refractivity contribution in [1.82, 2.24) is 0 Å². The lowest BCUT2D eigenvalue weighted by atomic mass is 9.98. The molecule has 0 fully saturated rings. The van der Waals surface area contributed by atoms with Gasteiger partial charge in [0.05, 0.1) is 0 Å². The molecule has 0 saturated carbocycles. The van der Waals surface area contributed by atoms with Crippen molar-refractivity contribution >= 4 is 17.6 Å². The van der Waals surface area contributed by atoms with Gasteiger partial charge in [-0.1, -0.05) is 23.7 Å². The van der Waals surface area contributed by atoms with Gasteiger partial charge in [0.2, 0.25) is 0 Å². The molecule has 4 heteroatoms. The van der Waals surface area contributed by atoms with E-state index < -0.39 is 17.6 Å². The molecule has 19 heavy (non-hydrogen) atoms. The molecule has 1 rings (SSSR count). The number of carbonyl (C=O) groups excluding carboxylic acids is 1. The Morgan fingerprint density at radius 1 is 1.47 bits per heavy atom. The van der Waals surface area contributed by atoms with Gasteiger partial charge in [0.1, 0.15) is 11.6 Å². The molecule has 3 nitrogen and oxygen atoms in total. The minimum absolute atomic E-state index is 0.176. The lowest BCUT2D eigenvalue weighted by Gasteiger charge is -2.26. The Morgan fingerprint density at radius 3 is 2.58 bits per heavy atom. The van der Waals surface area contributed by atoms with Crippen LogP contribution in [0.4, 0.5) is 0 Å². The summed E-state index contributed by atoms with van der Waals surface area (Å²) in [6.45, 7) is 3.67. The summed E-state index contributed by atoms with van der Waals surface area (Å²) in [5.74, 6) is 1.87. The monoisotopic (exact) mass is 279 g/mol. The van der Waals surface area contributed by atoms with Crippen LogP contribution in [-0.2, 0) is 16.0 Å². The van der Waals surface area contributed by atoms with E-state index in [2.05, 4.69) is 5.92 Å². The fraction of sp³-hybridized carbons (Fsp3) is 0.400. The Balaban J connectivity index is 2.63. The van der Waals surface area contributed by atoms with Crippen LogP contribution in [0.3, 0.4) is 0 Å². The fourth-order valence-electron chi connectivity index (χ4n) is 1.69. The van der Waals surface area contributed by atoms with E-state index in [4.69, 9.17) is 28.5 Å². The second kappa shape index (κ2) is 6.60. The van der Waals surface area contributed by atoms with E-state index in [1.807, 2.05) is 26.0 Å². The van der Waals surface area contributed by atoms with Gasteiger partial charge in [0.25, 0.3) is 0 Å². The number of terminal acetylenes is 1. The molecule has 0 aromatic heterocycles. The SMILES string of the molecule is C#CCC(N)C(=O)OC(C)(C)Cc1ccc(Cl)cc1. The standard InChI is InChI=1S/C15H18ClNO2/c1-4-5-13(17)14(18)19-15(2,3)10-11-6-8-12(16)9-7-11/h1,6-9,13H,5,10,17H2,2-3H3. The first-order valence-electron chi connectivity index (χ1n) is 6.00. The summed E-state index contributed by atoms with van der Waals surface area (Å²) in [7, 11) is 0. The van der Waals surface area contributed by atoms with Crippen molar-refractivity contribution < 1.29 is 9.53 Å². The molecular formula is C15H18ClNO2. The van der Waals surface area contributed by atoms with Crippen molar-refractivity contribution in [3.8, 4) is 12.3 Å². The van der Waals surface area contributed by atoms with Crippen molar-refractivity contribution in [2.75, 3.05) is 0 Å². The molecule has 2 N–H and O–H groups in total. The molecule has 0 heterocycles. The number of hydrogen-bond acceptors (Lipinski definition) is 3. The first-order chi connectivity index (χ1) is 8.84. The maximum Gasteiger partial charge on any atom is 0.324 e. The van der Waals surface area contributed by atoms with Gasteiger partial charge in [-0.15, -0.1) is 12.3 Å². The van der Waals surface area contributed by atoms with Crippen LogP contribution in [-0.4, -0.2) is 17.6 Å². The molecule has 0 amide bonds. The first-order valence-corrected chi connectivity index (χ1v) is 6.38. The number of esters is 1. The Labute approximate surface area is 119 Å². The number of ether oxygens (including phenoxy) is 1. The van der Waals surface area contributed by atoms with Crippen LogP contribution in [0.15, 0.2) is 24.3 Å². The maximum absolute atomic E-state index is 11.7. The second-order valence-corrected chi connectivity index (χ2v) is 5.44. The zero-order valence-electron chi connectivity index (χ0n) is 11.2. The molecule has 0 aliphatic heterocycles. The summed E-state index contributed by atoms with van der Waals surface area (Å²) in [5.41, 5.74) is 6.01. The van der Waals surface area contributed by atoms with E-state index in [-0.39, 0.29) is 6.42 Å². The summed E-state index contributed by atoms with van der Waals surface area (Å²) in [6, 6.07) is 6.64. The number of benzene rings is 1. The van der Waals surface area contributed by atoms with Gasteiger partial charge in [-0.05, 0) is 31.5 Å². The largest absolute Gasteiger partial charge is 0.458 e. The van der Waals surface area contributed by atoms with Gasteiger partial charge in [0, 0.05) is 17.9 Å². The van der Waals surface area contributed by atoms with Gasteiger partial charge in [0.15, 0.2) is 0 Å². The summed E-state index contributed by atoms with van der Waals surface area (Å²) < 4.78 is 5.39. The van der Waals surface area contributed by atoms with Crippen LogP contribution in [0.25, 0.3) is 0 Å². The Morgan fingerprint density at radius 2 is 2.05 bits per heavy atom. The fourth-order valence-corrected chi connectivity index (χ4v) is 1.81. The van der Waals surface area contributed by atoms with E-state index in [1.54, 1.807) is 12.1 Å². The number of nitrogens with two attached hydrogens (primary N) is 1. The van der Waals surface area contributed by atoms with Crippen molar-refractivity contribution in [2.24, 2.45) is 5.73 Å². The zero-order chi connectivity index (χ0) is 14.5. The van der Waals surface area contributed by atoms with Crippen LogP contribution >= 0.6 is 11.6 Å². The molecule has 0 aliphatic rings. The average molecular weight is 280 g/mol. The Kier molecular flexibility index (Phi) is 5.41. The van der Waals surface area contributed by atoms with Crippen molar-refractivity contribution in [3.05, 3.63) is 34.9 Å². The second-order valence-electron chi connectivity index (χ2n) is 5.00. The van der Waals surface area contributed by atoms with Gasteiger partial charge in [-0.2, -0.15) is 0 Å². The van der Waals surface area contributed by atoms with Crippen LogP contribution in [0, 0.1) is 12.3 Å². The number of halogens is 1. The van der Waals surface area contributed by atoms with Crippen LogP contribution in [0.5, 0.6) is 0 Å². The lowest BCUT2D eigenvalue weighted by Crippen LogP contribution is -2.39. The highest BCUT2D eigenvalue weighted by Crippen LogP contribution is 2.19. The molecule has 0 bridgehead atoms. The topological polar surface area (TPSA) is 52.3 Å². The van der Waals surface area contributed by atoms with Gasteiger partial charge < -0.3 is 10.5 Å². The highest BCUT2D eigenvalue weighted by atomic mass is 35.5. The third-order valence-corrected chi connectivity index (χ3v) is 2.81. The highest BCUT2D eigenvalue weighted by Gasteiger charge is 2.26. The molecule has 0 spiro atoms. The predicted molar refractivity (Wildman–Crippen MR) is 76.8 cm³/mol. The maximum atomic E-state index is 11.7. The summed E-state index contributed by atoms with van der Waals surface area (Å²) in [4.78, 5) is 11.7. The molecule has 1 atom stereocenters. The van der Waals surface area contributed by atoms with E-state index in [9.17, 15) is 4.79 Å². The minimum atomic E-state index is -0.769.